The van der Waals surface area contributed by atoms with E-state index in [-0.39, 0.29) is 32.0 Å². The SMILES string of the molecule is COC(=O)CCNC(=O)CNC(=O)CN. The van der Waals surface area contributed by atoms with Crippen LogP contribution in [-0.2, 0) is 19.1 Å². The zero-order valence-corrected chi connectivity index (χ0v) is 8.54. The van der Waals surface area contributed by atoms with E-state index < -0.39 is 11.9 Å². The number of carbonyl (C=O) groups excluding carboxylic acids is 3. The van der Waals surface area contributed by atoms with E-state index in [1.165, 1.54) is 7.11 Å². The number of methoxy groups -OCH3 is 1. The Bertz CT molecular complexity index is 242. The molecule has 0 unspecified atom stereocenters. The molecule has 4 N–H and O–H groups in total. The molecule has 0 aliphatic rings. The van der Waals surface area contributed by atoms with E-state index in [0.717, 1.165) is 0 Å². The molecule has 0 bridgehead atoms. The predicted octanol–water partition coefficient (Wildman–Crippen LogP) is -2.26. The Morgan fingerprint density at radius 3 is 2.40 bits per heavy atom. The van der Waals surface area contributed by atoms with Crippen molar-refractivity contribution in [1.82, 2.24) is 10.6 Å². The minimum Gasteiger partial charge on any atom is -0.469 e. The Morgan fingerprint density at radius 2 is 1.87 bits per heavy atom. The maximum Gasteiger partial charge on any atom is 0.307 e. The summed E-state index contributed by atoms with van der Waals surface area (Å²) in [5.74, 6) is -1.18. The van der Waals surface area contributed by atoms with Crippen molar-refractivity contribution >= 4 is 17.8 Å². The number of esters is 1. The Balaban J connectivity index is 3.49. The molecular weight excluding hydrogens is 202 g/mol. The van der Waals surface area contributed by atoms with Crippen molar-refractivity contribution in [2.75, 3.05) is 26.7 Å². The number of ether oxygens (including phenoxy) is 1. The van der Waals surface area contributed by atoms with E-state index in [0.29, 0.717) is 0 Å². The van der Waals surface area contributed by atoms with Gasteiger partial charge >= 0.3 is 5.97 Å². The average molecular weight is 217 g/mol. The zero-order valence-electron chi connectivity index (χ0n) is 8.54. The highest BCUT2D eigenvalue weighted by molar-refractivity contribution is 5.85. The fraction of sp³-hybridized carbons (Fsp3) is 0.625. The van der Waals surface area contributed by atoms with Crippen molar-refractivity contribution in [3.05, 3.63) is 0 Å². The number of nitrogens with two attached hydrogens (primary N) is 1. The third-order valence-corrected chi connectivity index (χ3v) is 1.51. The molecule has 0 aromatic rings. The van der Waals surface area contributed by atoms with E-state index in [1.54, 1.807) is 0 Å². The highest BCUT2D eigenvalue weighted by Gasteiger charge is 2.04. The largest absolute Gasteiger partial charge is 0.469 e. The van der Waals surface area contributed by atoms with Crippen molar-refractivity contribution in [2.45, 2.75) is 6.42 Å². The first-order valence-electron chi connectivity index (χ1n) is 4.40. The van der Waals surface area contributed by atoms with Crippen LogP contribution in [0.15, 0.2) is 0 Å². The first-order valence-corrected chi connectivity index (χ1v) is 4.40. The third kappa shape index (κ3) is 7.44. The normalized spacial score (nSPS) is 9.20. The zero-order chi connectivity index (χ0) is 11.7. The maximum absolute atomic E-state index is 11.0. The molecule has 0 radical (unpaired) electrons. The number of carbonyl (C=O) groups is 3. The molecule has 0 saturated carbocycles. The van der Waals surface area contributed by atoms with Gasteiger partial charge in [-0.2, -0.15) is 0 Å². The molecule has 0 atom stereocenters. The van der Waals surface area contributed by atoms with Gasteiger partial charge in [0.1, 0.15) is 0 Å². The molecule has 0 saturated heterocycles. The monoisotopic (exact) mass is 217 g/mol. The number of hydrogen-bond acceptors (Lipinski definition) is 5. The molecule has 7 heteroatoms. The minimum atomic E-state index is -0.405. The molecule has 0 aromatic carbocycles. The van der Waals surface area contributed by atoms with Gasteiger partial charge < -0.3 is 21.1 Å². The Labute approximate surface area is 87.3 Å². The van der Waals surface area contributed by atoms with Gasteiger partial charge in [0.25, 0.3) is 0 Å². The second kappa shape index (κ2) is 7.74. The lowest BCUT2D eigenvalue weighted by Gasteiger charge is -2.05. The van der Waals surface area contributed by atoms with Gasteiger partial charge in [0.2, 0.25) is 11.8 Å². The predicted molar refractivity (Wildman–Crippen MR) is 51.7 cm³/mol. The van der Waals surface area contributed by atoms with E-state index in [9.17, 15) is 14.4 Å². The summed E-state index contributed by atoms with van der Waals surface area (Å²) in [5, 5.41) is 4.72. The van der Waals surface area contributed by atoms with Crippen LogP contribution >= 0.6 is 0 Å². The molecule has 86 valence electrons. The van der Waals surface area contributed by atoms with Crippen LogP contribution in [0, 0.1) is 0 Å². The number of amides is 2. The van der Waals surface area contributed by atoms with Crippen LogP contribution in [0.5, 0.6) is 0 Å². The first-order chi connectivity index (χ1) is 7.10. The van der Waals surface area contributed by atoms with Gasteiger partial charge in [-0.05, 0) is 0 Å². The molecule has 7 nitrogen and oxygen atoms in total. The molecule has 0 heterocycles. The quantitative estimate of drug-likeness (QED) is 0.435. The van der Waals surface area contributed by atoms with E-state index in [1.807, 2.05) is 0 Å². The van der Waals surface area contributed by atoms with Gasteiger partial charge in [0.05, 0.1) is 26.6 Å². The van der Waals surface area contributed by atoms with Crippen LogP contribution < -0.4 is 16.4 Å². The fourth-order valence-corrected chi connectivity index (χ4v) is 0.720. The second-order valence-corrected chi connectivity index (χ2v) is 2.66. The van der Waals surface area contributed by atoms with Gasteiger partial charge in [0.15, 0.2) is 0 Å². The summed E-state index contributed by atoms with van der Waals surface area (Å²) in [6.07, 6.45) is 0.104. The van der Waals surface area contributed by atoms with Gasteiger partial charge in [-0.1, -0.05) is 0 Å². The first kappa shape index (κ1) is 13.4. The number of rotatable bonds is 6. The van der Waals surface area contributed by atoms with Crippen molar-refractivity contribution in [1.29, 1.82) is 0 Å². The van der Waals surface area contributed by atoms with Crippen LogP contribution in [0.2, 0.25) is 0 Å². The molecule has 2 amide bonds. The van der Waals surface area contributed by atoms with Crippen molar-refractivity contribution in [2.24, 2.45) is 5.73 Å². The Kier molecular flexibility index (Phi) is 6.90. The van der Waals surface area contributed by atoms with Gasteiger partial charge in [-0.15, -0.1) is 0 Å². The maximum atomic E-state index is 11.0. The summed E-state index contributed by atoms with van der Waals surface area (Å²) in [7, 11) is 1.27. The summed E-state index contributed by atoms with van der Waals surface area (Å²) < 4.78 is 4.37. The van der Waals surface area contributed by atoms with Gasteiger partial charge in [-0.25, -0.2) is 0 Å². The Morgan fingerprint density at radius 1 is 1.20 bits per heavy atom. The molecule has 0 aliphatic heterocycles. The van der Waals surface area contributed by atoms with Gasteiger partial charge in [-0.3, -0.25) is 14.4 Å². The lowest BCUT2D eigenvalue weighted by Crippen LogP contribution is -2.40. The van der Waals surface area contributed by atoms with E-state index in [4.69, 9.17) is 5.73 Å². The van der Waals surface area contributed by atoms with Crippen molar-refractivity contribution < 1.29 is 19.1 Å². The summed E-state index contributed by atoms with van der Waals surface area (Å²) in [5.41, 5.74) is 5.01. The highest BCUT2D eigenvalue weighted by atomic mass is 16.5. The highest BCUT2D eigenvalue weighted by Crippen LogP contribution is 1.80. The van der Waals surface area contributed by atoms with Crippen LogP contribution in [-0.4, -0.2) is 44.5 Å². The van der Waals surface area contributed by atoms with Crippen LogP contribution in [0.25, 0.3) is 0 Å². The number of hydrogen-bond donors (Lipinski definition) is 3. The molecule has 0 fully saturated rings. The molecule has 0 aliphatic carbocycles. The summed E-state index contributed by atoms with van der Waals surface area (Å²) in [6.45, 7) is -0.114. The molecular formula is C8H15N3O4. The van der Waals surface area contributed by atoms with Crippen LogP contribution in [0.3, 0.4) is 0 Å². The number of nitrogens with one attached hydrogen (secondary N) is 2. The molecule has 15 heavy (non-hydrogen) atoms. The lowest BCUT2D eigenvalue weighted by molar-refractivity contribution is -0.140. The molecule has 0 aromatic heterocycles. The minimum absolute atomic E-state index is 0.104. The average Bonchev–Trinajstić information content (AvgIpc) is 2.25. The smallest absolute Gasteiger partial charge is 0.307 e. The summed E-state index contributed by atoms with van der Waals surface area (Å²) >= 11 is 0. The second-order valence-electron chi connectivity index (χ2n) is 2.66. The van der Waals surface area contributed by atoms with Crippen molar-refractivity contribution in [3.63, 3.8) is 0 Å². The lowest BCUT2D eigenvalue weighted by atomic mass is 10.4. The van der Waals surface area contributed by atoms with Crippen LogP contribution in [0.4, 0.5) is 0 Å². The van der Waals surface area contributed by atoms with E-state index >= 15 is 0 Å². The molecule has 0 spiro atoms. The van der Waals surface area contributed by atoms with Gasteiger partial charge in [0, 0.05) is 6.54 Å². The van der Waals surface area contributed by atoms with E-state index in [2.05, 4.69) is 15.4 Å². The van der Waals surface area contributed by atoms with Crippen LogP contribution in [0.1, 0.15) is 6.42 Å². The topological polar surface area (TPSA) is 111 Å². The Hall–Kier alpha value is -1.63. The summed E-state index contributed by atoms with van der Waals surface area (Å²) in [4.78, 5) is 32.3. The molecule has 0 rings (SSSR count). The van der Waals surface area contributed by atoms with Crippen molar-refractivity contribution in [3.8, 4) is 0 Å². The standard InChI is InChI=1S/C8H15N3O4/c1-15-8(14)2-3-10-7(13)5-11-6(12)4-9/h2-5,9H2,1H3,(H,10,13)(H,11,12). The summed E-state index contributed by atoms with van der Waals surface area (Å²) in [6, 6.07) is 0. The third-order valence-electron chi connectivity index (χ3n) is 1.51. The fourth-order valence-electron chi connectivity index (χ4n) is 0.720.